The van der Waals surface area contributed by atoms with Crippen molar-refractivity contribution >= 4 is 11.5 Å². The second kappa shape index (κ2) is 5.67. The van der Waals surface area contributed by atoms with Crippen LogP contribution in [0.5, 0.6) is 0 Å². The lowest BCUT2D eigenvalue weighted by Crippen LogP contribution is -2.05. The molecule has 0 aliphatic heterocycles. The van der Waals surface area contributed by atoms with Gasteiger partial charge in [0.25, 0.3) is 0 Å². The molecule has 1 unspecified atom stereocenters. The Morgan fingerprint density at radius 2 is 2.12 bits per heavy atom. The average molecular weight is 232 g/mol. The Labute approximate surface area is 103 Å². The minimum absolute atomic E-state index is 0.374. The van der Waals surface area contributed by atoms with E-state index in [0.717, 1.165) is 17.5 Å². The molecule has 1 aromatic carbocycles. The first-order chi connectivity index (χ1) is 8.01. The van der Waals surface area contributed by atoms with Crippen LogP contribution in [0.3, 0.4) is 0 Å². The Hall–Kier alpha value is -1.57. The fraction of sp³-hybridized carbons (Fsp3) is 0.400. The highest BCUT2D eigenvalue weighted by atomic mass is 16.4. The van der Waals surface area contributed by atoms with Gasteiger partial charge in [-0.25, -0.2) is 4.79 Å². The van der Waals surface area contributed by atoms with E-state index in [9.17, 15) is 9.90 Å². The van der Waals surface area contributed by atoms with Gasteiger partial charge in [0.15, 0.2) is 0 Å². The van der Waals surface area contributed by atoms with Gasteiger partial charge in [-0.15, -0.1) is 0 Å². The number of carboxylic acid groups (broad SMARTS) is 1. The molecule has 92 valence electrons. The molecule has 0 radical (unpaired) electrons. The number of allylic oxidation sites excluding steroid dienone is 1. The van der Waals surface area contributed by atoms with Crippen LogP contribution in [0, 0.1) is 6.92 Å². The van der Waals surface area contributed by atoms with Gasteiger partial charge < -0.3 is 5.11 Å². The van der Waals surface area contributed by atoms with E-state index in [0.29, 0.717) is 11.5 Å². The molecule has 1 atom stereocenters. The third-order valence-electron chi connectivity index (χ3n) is 3.16. The maximum absolute atomic E-state index is 11.2. The lowest BCUT2D eigenvalue weighted by molar-refractivity contribution is -0.130. The minimum atomic E-state index is -0.860. The molecule has 1 rings (SSSR count). The minimum Gasteiger partial charge on any atom is -0.478 e. The van der Waals surface area contributed by atoms with Crippen molar-refractivity contribution in [2.45, 2.75) is 40.0 Å². The SMILES string of the molecule is C/C=C(/C(=O)O)c1ccc(C)cc1C(C)CC. The van der Waals surface area contributed by atoms with Crippen LogP contribution in [-0.2, 0) is 4.79 Å². The molecule has 0 saturated carbocycles. The zero-order chi connectivity index (χ0) is 13.0. The Morgan fingerprint density at radius 1 is 1.47 bits per heavy atom. The van der Waals surface area contributed by atoms with Crippen LogP contribution in [0.25, 0.3) is 5.57 Å². The van der Waals surface area contributed by atoms with Crippen LogP contribution < -0.4 is 0 Å². The molecule has 0 bridgehead atoms. The van der Waals surface area contributed by atoms with Gasteiger partial charge in [-0.2, -0.15) is 0 Å². The van der Waals surface area contributed by atoms with Gasteiger partial charge in [-0.3, -0.25) is 0 Å². The van der Waals surface area contributed by atoms with Crippen LogP contribution >= 0.6 is 0 Å². The summed E-state index contributed by atoms with van der Waals surface area (Å²) in [5.74, 6) is -0.486. The summed E-state index contributed by atoms with van der Waals surface area (Å²) < 4.78 is 0. The summed E-state index contributed by atoms with van der Waals surface area (Å²) in [6.45, 7) is 8.05. The summed E-state index contributed by atoms with van der Waals surface area (Å²) in [6.07, 6.45) is 2.67. The Balaban J connectivity index is 3.37. The summed E-state index contributed by atoms with van der Waals surface area (Å²) in [5.41, 5.74) is 3.54. The van der Waals surface area contributed by atoms with E-state index in [-0.39, 0.29) is 0 Å². The number of rotatable bonds is 4. The first kappa shape index (κ1) is 13.5. The third-order valence-corrected chi connectivity index (χ3v) is 3.16. The zero-order valence-corrected chi connectivity index (χ0v) is 10.9. The van der Waals surface area contributed by atoms with Crippen LogP contribution in [-0.4, -0.2) is 11.1 Å². The molecule has 0 amide bonds. The zero-order valence-electron chi connectivity index (χ0n) is 10.9. The van der Waals surface area contributed by atoms with Crippen molar-refractivity contribution in [3.8, 4) is 0 Å². The summed E-state index contributed by atoms with van der Waals surface area (Å²) in [7, 11) is 0. The van der Waals surface area contributed by atoms with E-state index in [1.165, 1.54) is 5.56 Å². The van der Waals surface area contributed by atoms with E-state index in [1.54, 1.807) is 13.0 Å². The van der Waals surface area contributed by atoms with Crippen molar-refractivity contribution in [2.24, 2.45) is 0 Å². The molecule has 0 aliphatic carbocycles. The van der Waals surface area contributed by atoms with Gasteiger partial charge in [-0.05, 0) is 37.3 Å². The molecule has 0 aliphatic rings. The fourth-order valence-corrected chi connectivity index (χ4v) is 1.95. The Bertz CT molecular complexity index is 444. The topological polar surface area (TPSA) is 37.3 Å². The van der Waals surface area contributed by atoms with Gasteiger partial charge in [0.2, 0.25) is 0 Å². The molecule has 2 heteroatoms. The molecular formula is C15H20O2. The van der Waals surface area contributed by atoms with Crippen LogP contribution in [0.2, 0.25) is 0 Å². The summed E-state index contributed by atoms with van der Waals surface area (Å²) >= 11 is 0. The summed E-state index contributed by atoms with van der Waals surface area (Å²) in [5, 5.41) is 9.21. The molecule has 0 heterocycles. The third kappa shape index (κ3) is 2.96. The molecular weight excluding hydrogens is 212 g/mol. The number of aryl methyl sites for hydroxylation is 1. The van der Waals surface area contributed by atoms with E-state index >= 15 is 0 Å². The predicted molar refractivity (Wildman–Crippen MR) is 71.2 cm³/mol. The average Bonchev–Trinajstić information content (AvgIpc) is 2.30. The number of hydrogen-bond acceptors (Lipinski definition) is 1. The maximum Gasteiger partial charge on any atom is 0.335 e. The van der Waals surface area contributed by atoms with E-state index < -0.39 is 5.97 Å². The lowest BCUT2D eigenvalue weighted by Gasteiger charge is -2.16. The van der Waals surface area contributed by atoms with Gasteiger partial charge in [-0.1, -0.05) is 43.7 Å². The van der Waals surface area contributed by atoms with Crippen LogP contribution in [0.1, 0.15) is 49.8 Å². The molecule has 0 fully saturated rings. The van der Waals surface area contributed by atoms with E-state index in [2.05, 4.69) is 19.9 Å². The second-order valence-electron chi connectivity index (χ2n) is 4.41. The number of hydrogen-bond donors (Lipinski definition) is 1. The molecule has 0 saturated heterocycles. The normalized spacial score (nSPS) is 13.5. The highest BCUT2D eigenvalue weighted by Crippen LogP contribution is 2.29. The van der Waals surface area contributed by atoms with Crippen molar-refractivity contribution in [1.29, 1.82) is 0 Å². The first-order valence-electron chi connectivity index (χ1n) is 6.01. The summed E-state index contributed by atoms with van der Waals surface area (Å²) in [6, 6.07) is 5.98. The largest absolute Gasteiger partial charge is 0.478 e. The standard InChI is InChI=1S/C15H20O2/c1-5-11(4)14-9-10(3)7-8-13(14)12(6-2)15(16)17/h6-9,11H,5H2,1-4H3,(H,16,17)/b12-6+. The number of aliphatic carboxylic acids is 1. The smallest absolute Gasteiger partial charge is 0.335 e. The highest BCUT2D eigenvalue weighted by molar-refractivity contribution is 6.15. The quantitative estimate of drug-likeness (QED) is 0.797. The first-order valence-corrected chi connectivity index (χ1v) is 6.01. The maximum atomic E-state index is 11.2. The van der Waals surface area contributed by atoms with Gasteiger partial charge in [0, 0.05) is 0 Å². The van der Waals surface area contributed by atoms with Crippen molar-refractivity contribution < 1.29 is 9.90 Å². The lowest BCUT2D eigenvalue weighted by atomic mass is 9.88. The van der Waals surface area contributed by atoms with Crippen molar-refractivity contribution in [2.75, 3.05) is 0 Å². The van der Waals surface area contributed by atoms with Crippen molar-refractivity contribution in [3.05, 3.63) is 41.0 Å². The number of carboxylic acids is 1. The monoisotopic (exact) mass is 232 g/mol. The Morgan fingerprint density at radius 3 is 2.59 bits per heavy atom. The number of benzene rings is 1. The molecule has 2 nitrogen and oxygen atoms in total. The number of carbonyl (C=O) groups is 1. The van der Waals surface area contributed by atoms with Crippen LogP contribution in [0.4, 0.5) is 0 Å². The highest BCUT2D eigenvalue weighted by Gasteiger charge is 2.16. The van der Waals surface area contributed by atoms with Crippen molar-refractivity contribution in [1.82, 2.24) is 0 Å². The molecule has 0 aromatic heterocycles. The van der Waals surface area contributed by atoms with Gasteiger partial charge in [0.05, 0.1) is 5.57 Å². The van der Waals surface area contributed by atoms with E-state index in [1.807, 2.05) is 19.1 Å². The van der Waals surface area contributed by atoms with Gasteiger partial charge in [0.1, 0.15) is 0 Å². The Kier molecular flexibility index (Phi) is 4.50. The fourth-order valence-electron chi connectivity index (χ4n) is 1.95. The molecule has 17 heavy (non-hydrogen) atoms. The summed E-state index contributed by atoms with van der Waals surface area (Å²) in [4.78, 5) is 11.2. The second-order valence-corrected chi connectivity index (χ2v) is 4.41. The molecule has 0 spiro atoms. The van der Waals surface area contributed by atoms with Crippen molar-refractivity contribution in [3.63, 3.8) is 0 Å². The van der Waals surface area contributed by atoms with E-state index in [4.69, 9.17) is 0 Å². The molecule has 1 aromatic rings. The molecule has 1 N–H and O–H groups in total. The van der Waals surface area contributed by atoms with Gasteiger partial charge >= 0.3 is 5.97 Å². The van der Waals surface area contributed by atoms with Crippen LogP contribution in [0.15, 0.2) is 24.3 Å². The predicted octanol–water partition coefficient (Wildman–Crippen LogP) is 4.00.